The van der Waals surface area contributed by atoms with Crippen LogP contribution in [0.5, 0.6) is 0 Å². The summed E-state index contributed by atoms with van der Waals surface area (Å²) in [6.45, 7) is 0. The number of carbonyl (C=O) groups is 1. The molecule has 0 amide bonds. The third-order valence-electron chi connectivity index (χ3n) is 3.50. The lowest BCUT2D eigenvalue weighted by Gasteiger charge is -2.22. The minimum absolute atomic E-state index is 0.159. The highest BCUT2D eigenvalue weighted by atomic mass is 79.9. The van der Waals surface area contributed by atoms with E-state index in [0.717, 1.165) is 22.9 Å². The molecule has 0 radical (unpaired) electrons. The van der Waals surface area contributed by atoms with Gasteiger partial charge < -0.3 is 10.2 Å². The number of hydrogen-bond acceptors (Lipinski definition) is 2. The lowest BCUT2D eigenvalue weighted by molar-refractivity contribution is -0.144. The smallest absolute Gasteiger partial charge is 0.306 e. The fourth-order valence-electron chi connectivity index (χ4n) is 2.58. The van der Waals surface area contributed by atoms with Crippen molar-refractivity contribution in [3.8, 4) is 0 Å². The summed E-state index contributed by atoms with van der Waals surface area (Å²) >= 11 is 3.34. The lowest BCUT2D eigenvalue weighted by Crippen LogP contribution is -2.23. The second-order valence-electron chi connectivity index (χ2n) is 4.54. The number of aliphatic carboxylic acids is 1. The van der Waals surface area contributed by atoms with Gasteiger partial charge >= 0.3 is 5.97 Å². The number of rotatable bonds is 3. The van der Waals surface area contributed by atoms with Gasteiger partial charge in [0.2, 0.25) is 0 Å². The highest BCUT2D eigenvalue weighted by Gasteiger charge is 2.37. The summed E-state index contributed by atoms with van der Waals surface area (Å²) < 4.78 is 0.953. The number of hydrogen-bond donors (Lipinski definition) is 2. The van der Waals surface area contributed by atoms with Crippen molar-refractivity contribution >= 4 is 21.9 Å². The van der Waals surface area contributed by atoms with Crippen molar-refractivity contribution in [3.05, 3.63) is 34.3 Å². The van der Waals surface area contributed by atoms with Gasteiger partial charge in [0, 0.05) is 10.4 Å². The van der Waals surface area contributed by atoms with Crippen molar-refractivity contribution in [2.75, 3.05) is 0 Å². The summed E-state index contributed by atoms with van der Waals surface area (Å²) in [5.74, 6) is -1.36. The predicted molar refractivity (Wildman–Crippen MR) is 67.6 cm³/mol. The molecule has 0 aliphatic heterocycles. The molecule has 1 aromatic rings. The van der Waals surface area contributed by atoms with Crippen LogP contribution in [-0.2, 0) is 4.79 Å². The van der Waals surface area contributed by atoms with Gasteiger partial charge in [-0.25, -0.2) is 0 Å². The maximum absolute atomic E-state index is 11.1. The van der Waals surface area contributed by atoms with Crippen molar-refractivity contribution in [1.82, 2.24) is 0 Å². The molecule has 0 heterocycles. The average molecular weight is 299 g/mol. The zero-order valence-corrected chi connectivity index (χ0v) is 10.9. The summed E-state index contributed by atoms with van der Waals surface area (Å²) in [6, 6.07) is 7.41. The highest BCUT2D eigenvalue weighted by Crippen LogP contribution is 2.40. The molecule has 3 atom stereocenters. The molecule has 17 heavy (non-hydrogen) atoms. The van der Waals surface area contributed by atoms with Gasteiger partial charge in [-0.1, -0.05) is 34.5 Å². The second kappa shape index (κ2) is 5.19. The maximum Gasteiger partial charge on any atom is 0.306 e. The second-order valence-corrected chi connectivity index (χ2v) is 5.45. The molecule has 3 nitrogen and oxygen atoms in total. The minimum atomic E-state index is -0.788. The van der Waals surface area contributed by atoms with Crippen LogP contribution >= 0.6 is 15.9 Å². The molecule has 0 saturated heterocycles. The first kappa shape index (κ1) is 12.6. The van der Waals surface area contributed by atoms with Crippen LogP contribution < -0.4 is 0 Å². The first-order valence-corrected chi connectivity index (χ1v) is 6.55. The van der Waals surface area contributed by atoms with Gasteiger partial charge in [0.25, 0.3) is 0 Å². The van der Waals surface area contributed by atoms with Crippen molar-refractivity contribution in [3.63, 3.8) is 0 Å². The average Bonchev–Trinajstić information content (AvgIpc) is 2.78. The van der Waals surface area contributed by atoms with Gasteiger partial charge in [-0.3, -0.25) is 4.79 Å². The van der Waals surface area contributed by atoms with Gasteiger partial charge in [0.1, 0.15) is 0 Å². The van der Waals surface area contributed by atoms with Crippen LogP contribution in [0.15, 0.2) is 28.7 Å². The Hall–Kier alpha value is -0.870. The number of benzene rings is 1. The number of carboxylic acid groups (broad SMARTS) is 1. The lowest BCUT2D eigenvalue weighted by atomic mass is 9.87. The van der Waals surface area contributed by atoms with Gasteiger partial charge in [0.05, 0.1) is 12.0 Å². The Morgan fingerprint density at radius 3 is 2.53 bits per heavy atom. The molecular weight excluding hydrogens is 284 g/mol. The molecule has 4 heteroatoms. The topological polar surface area (TPSA) is 57.5 Å². The largest absolute Gasteiger partial charge is 0.481 e. The number of carboxylic acids is 1. The standard InChI is InChI=1S/C13H15BrO3/c14-9-6-4-8(5-7-9)12(15)10-2-1-3-11(10)13(16)17/h4-7,10-12,15H,1-3H2,(H,16,17). The molecule has 1 aromatic carbocycles. The molecule has 1 aliphatic carbocycles. The Kier molecular flexibility index (Phi) is 3.84. The number of aliphatic hydroxyl groups is 1. The van der Waals surface area contributed by atoms with E-state index in [0.29, 0.717) is 6.42 Å². The van der Waals surface area contributed by atoms with E-state index in [1.54, 1.807) is 0 Å². The summed E-state index contributed by atoms with van der Waals surface area (Å²) in [6.07, 6.45) is 1.67. The van der Waals surface area contributed by atoms with E-state index in [9.17, 15) is 9.90 Å². The Morgan fingerprint density at radius 2 is 1.94 bits per heavy atom. The Morgan fingerprint density at radius 1 is 1.29 bits per heavy atom. The van der Waals surface area contributed by atoms with Crippen molar-refractivity contribution in [2.24, 2.45) is 11.8 Å². The summed E-state index contributed by atoms with van der Waals surface area (Å²) in [4.78, 5) is 11.1. The van der Waals surface area contributed by atoms with Crippen molar-refractivity contribution in [2.45, 2.75) is 25.4 Å². The van der Waals surface area contributed by atoms with Crippen LogP contribution in [0.2, 0.25) is 0 Å². The zero-order chi connectivity index (χ0) is 12.4. The molecule has 1 fully saturated rings. The summed E-state index contributed by atoms with van der Waals surface area (Å²) in [5, 5.41) is 19.4. The third kappa shape index (κ3) is 2.69. The van der Waals surface area contributed by atoms with E-state index in [1.807, 2.05) is 24.3 Å². The minimum Gasteiger partial charge on any atom is -0.481 e. The molecule has 0 bridgehead atoms. The summed E-state index contributed by atoms with van der Waals surface area (Å²) in [7, 11) is 0. The van der Waals surface area contributed by atoms with Crippen LogP contribution in [0.3, 0.4) is 0 Å². The number of aliphatic hydroxyl groups excluding tert-OH is 1. The summed E-state index contributed by atoms with van der Waals surface area (Å²) in [5.41, 5.74) is 0.798. The fraction of sp³-hybridized carbons (Fsp3) is 0.462. The molecule has 92 valence electrons. The van der Waals surface area contributed by atoms with Gasteiger partial charge in [-0.05, 0) is 30.5 Å². The molecule has 0 aromatic heterocycles. The van der Waals surface area contributed by atoms with Crippen LogP contribution in [0.1, 0.15) is 30.9 Å². The van der Waals surface area contributed by atoms with E-state index in [-0.39, 0.29) is 5.92 Å². The Labute approximate surface area is 109 Å². The highest BCUT2D eigenvalue weighted by molar-refractivity contribution is 9.10. The van der Waals surface area contributed by atoms with Crippen LogP contribution in [0, 0.1) is 11.8 Å². The molecule has 3 unspecified atom stereocenters. The van der Waals surface area contributed by atoms with E-state index in [1.165, 1.54) is 0 Å². The van der Waals surface area contributed by atoms with E-state index in [2.05, 4.69) is 15.9 Å². The third-order valence-corrected chi connectivity index (χ3v) is 4.03. The van der Waals surface area contributed by atoms with E-state index in [4.69, 9.17) is 5.11 Å². The molecule has 1 aliphatic rings. The molecule has 1 saturated carbocycles. The van der Waals surface area contributed by atoms with Gasteiger partial charge in [-0.15, -0.1) is 0 Å². The monoisotopic (exact) mass is 298 g/mol. The first-order chi connectivity index (χ1) is 8.09. The normalized spacial score (nSPS) is 25.8. The van der Waals surface area contributed by atoms with Crippen LogP contribution in [0.4, 0.5) is 0 Å². The molecular formula is C13H15BrO3. The maximum atomic E-state index is 11.1. The van der Waals surface area contributed by atoms with E-state index >= 15 is 0 Å². The Bertz CT molecular complexity index is 402. The zero-order valence-electron chi connectivity index (χ0n) is 9.34. The van der Waals surface area contributed by atoms with Crippen molar-refractivity contribution < 1.29 is 15.0 Å². The SMILES string of the molecule is O=C(O)C1CCCC1C(O)c1ccc(Br)cc1. The van der Waals surface area contributed by atoms with E-state index < -0.39 is 18.0 Å². The quantitative estimate of drug-likeness (QED) is 0.902. The number of halogens is 1. The molecule has 0 spiro atoms. The van der Waals surface area contributed by atoms with Crippen LogP contribution in [-0.4, -0.2) is 16.2 Å². The van der Waals surface area contributed by atoms with Crippen molar-refractivity contribution in [1.29, 1.82) is 0 Å². The van der Waals surface area contributed by atoms with Gasteiger partial charge in [-0.2, -0.15) is 0 Å². The van der Waals surface area contributed by atoms with Crippen LogP contribution in [0.25, 0.3) is 0 Å². The fourth-order valence-corrected chi connectivity index (χ4v) is 2.84. The predicted octanol–water partition coefficient (Wildman–Crippen LogP) is 2.98. The Balaban J connectivity index is 2.16. The molecule has 2 rings (SSSR count). The first-order valence-electron chi connectivity index (χ1n) is 5.76. The van der Waals surface area contributed by atoms with Gasteiger partial charge in [0.15, 0.2) is 0 Å². The molecule has 2 N–H and O–H groups in total.